The van der Waals surface area contributed by atoms with E-state index in [1.54, 1.807) is 12.5 Å². The molecule has 0 unspecified atom stereocenters. The summed E-state index contributed by atoms with van der Waals surface area (Å²) >= 11 is 0. The maximum absolute atomic E-state index is 12.2. The second kappa shape index (κ2) is 11.5. The van der Waals surface area contributed by atoms with Gasteiger partial charge in [-0.3, -0.25) is 4.90 Å². The number of nitrogens with zero attached hydrogens (tertiary/aromatic N) is 4. The number of nitrogens with one attached hydrogen (secondary N) is 2. The van der Waals surface area contributed by atoms with Crippen molar-refractivity contribution in [3.05, 3.63) is 84.4 Å². The van der Waals surface area contributed by atoms with Crippen molar-refractivity contribution in [3.63, 3.8) is 0 Å². The fourth-order valence-corrected chi connectivity index (χ4v) is 3.98. The molecule has 1 saturated heterocycles. The first kappa shape index (κ1) is 22.0. The monoisotopic (exact) mass is 432 g/mol. The Morgan fingerprint density at radius 3 is 2.31 bits per heavy atom. The molecular weight excluding hydrogens is 400 g/mol. The van der Waals surface area contributed by atoms with Crippen molar-refractivity contribution in [3.8, 4) is 0 Å². The Labute approximate surface area is 190 Å². The van der Waals surface area contributed by atoms with Gasteiger partial charge < -0.3 is 20.1 Å². The van der Waals surface area contributed by atoms with E-state index in [0.717, 1.165) is 63.5 Å². The number of hydrogen-bond donors (Lipinski definition) is 2. The van der Waals surface area contributed by atoms with Crippen LogP contribution in [0.2, 0.25) is 0 Å². The summed E-state index contributed by atoms with van der Waals surface area (Å²) in [5, 5.41) is 5.87. The van der Waals surface area contributed by atoms with Gasteiger partial charge in [0, 0.05) is 63.9 Å². The van der Waals surface area contributed by atoms with Crippen LogP contribution in [0.25, 0.3) is 0 Å². The van der Waals surface area contributed by atoms with Crippen LogP contribution < -0.4 is 10.6 Å². The van der Waals surface area contributed by atoms with Crippen molar-refractivity contribution >= 4 is 11.7 Å². The molecule has 0 radical (unpaired) electrons. The number of benzene rings is 2. The highest BCUT2D eigenvalue weighted by atomic mass is 16.2. The SMILES string of the molecule is O=C(NCCCN1CCN(Cc2ccccc2)CC1)Nc1ccc(Cn2ccnc2)cc1. The minimum Gasteiger partial charge on any atom is -0.338 e. The average molecular weight is 433 g/mol. The van der Waals surface area contributed by atoms with E-state index in [2.05, 4.69) is 55.7 Å². The number of rotatable bonds is 9. The van der Waals surface area contributed by atoms with E-state index < -0.39 is 0 Å². The fourth-order valence-electron chi connectivity index (χ4n) is 3.98. The van der Waals surface area contributed by atoms with Gasteiger partial charge in [0.2, 0.25) is 0 Å². The molecule has 2 N–H and O–H groups in total. The summed E-state index contributed by atoms with van der Waals surface area (Å²) in [6, 6.07) is 18.4. The van der Waals surface area contributed by atoms with Crippen LogP contribution in [0.5, 0.6) is 0 Å². The van der Waals surface area contributed by atoms with Crippen molar-refractivity contribution in [1.82, 2.24) is 24.7 Å². The molecule has 2 aromatic carbocycles. The molecule has 3 aromatic rings. The number of aromatic nitrogens is 2. The highest BCUT2D eigenvalue weighted by Crippen LogP contribution is 2.11. The predicted octanol–water partition coefficient (Wildman–Crippen LogP) is 3.26. The van der Waals surface area contributed by atoms with Crippen molar-refractivity contribution < 1.29 is 4.79 Å². The van der Waals surface area contributed by atoms with E-state index in [4.69, 9.17) is 0 Å². The number of amides is 2. The van der Waals surface area contributed by atoms with Crippen molar-refractivity contribution in [1.29, 1.82) is 0 Å². The Kier molecular flexibility index (Phi) is 7.89. The molecule has 1 aromatic heterocycles. The highest BCUT2D eigenvalue weighted by molar-refractivity contribution is 5.89. The van der Waals surface area contributed by atoms with E-state index in [-0.39, 0.29) is 6.03 Å². The van der Waals surface area contributed by atoms with Crippen LogP contribution in [0, 0.1) is 0 Å². The molecule has 0 atom stereocenters. The molecular formula is C25H32N6O. The quantitative estimate of drug-likeness (QED) is 0.510. The highest BCUT2D eigenvalue weighted by Gasteiger charge is 2.16. The first-order valence-electron chi connectivity index (χ1n) is 11.3. The molecule has 4 rings (SSSR count). The lowest BCUT2D eigenvalue weighted by molar-refractivity contribution is 0.126. The number of urea groups is 1. The Hall–Kier alpha value is -3.16. The van der Waals surface area contributed by atoms with E-state index in [1.165, 1.54) is 5.56 Å². The molecule has 32 heavy (non-hydrogen) atoms. The Morgan fingerprint density at radius 1 is 0.875 bits per heavy atom. The molecule has 0 spiro atoms. The molecule has 1 aliphatic rings. The molecule has 2 heterocycles. The standard InChI is InChI=1S/C25H32N6O/c32-25(28-24-9-7-23(8-10-24)20-31-14-12-26-21-31)27-11-4-13-29-15-17-30(18-16-29)19-22-5-2-1-3-6-22/h1-3,5-10,12,14,21H,4,11,13,15-20H2,(H2,27,28,32). The second-order valence-corrected chi connectivity index (χ2v) is 8.27. The number of hydrogen-bond acceptors (Lipinski definition) is 4. The number of anilines is 1. The zero-order valence-corrected chi connectivity index (χ0v) is 18.5. The van der Waals surface area contributed by atoms with E-state index in [9.17, 15) is 4.79 Å². The average Bonchev–Trinajstić information content (AvgIpc) is 3.33. The van der Waals surface area contributed by atoms with Gasteiger partial charge >= 0.3 is 6.03 Å². The topological polar surface area (TPSA) is 65.4 Å². The molecule has 7 heteroatoms. The summed E-state index contributed by atoms with van der Waals surface area (Å²) in [5.41, 5.74) is 3.34. The van der Waals surface area contributed by atoms with Crippen LogP contribution in [0.3, 0.4) is 0 Å². The maximum Gasteiger partial charge on any atom is 0.319 e. The summed E-state index contributed by atoms with van der Waals surface area (Å²) in [7, 11) is 0. The van der Waals surface area contributed by atoms with Crippen LogP contribution >= 0.6 is 0 Å². The number of piperazine rings is 1. The Bertz CT molecular complexity index is 934. The van der Waals surface area contributed by atoms with Crippen molar-refractivity contribution in [2.75, 3.05) is 44.6 Å². The summed E-state index contributed by atoms with van der Waals surface area (Å²) in [5.74, 6) is 0. The van der Waals surface area contributed by atoms with Gasteiger partial charge in [-0.25, -0.2) is 9.78 Å². The van der Waals surface area contributed by atoms with Crippen molar-refractivity contribution in [2.45, 2.75) is 19.5 Å². The van der Waals surface area contributed by atoms with Gasteiger partial charge in [-0.05, 0) is 36.2 Å². The van der Waals surface area contributed by atoms with Gasteiger partial charge in [-0.1, -0.05) is 42.5 Å². The smallest absolute Gasteiger partial charge is 0.319 e. The lowest BCUT2D eigenvalue weighted by Gasteiger charge is -2.34. The van der Waals surface area contributed by atoms with Gasteiger partial charge in [0.05, 0.1) is 6.33 Å². The molecule has 0 bridgehead atoms. The predicted molar refractivity (Wildman–Crippen MR) is 128 cm³/mol. The maximum atomic E-state index is 12.2. The molecule has 0 saturated carbocycles. The first-order valence-corrected chi connectivity index (χ1v) is 11.3. The van der Waals surface area contributed by atoms with Crippen LogP contribution in [0.1, 0.15) is 17.5 Å². The van der Waals surface area contributed by atoms with Gasteiger partial charge in [-0.2, -0.15) is 0 Å². The van der Waals surface area contributed by atoms with Crippen LogP contribution in [-0.4, -0.2) is 64.7 Å². The minimum atomic E-state index is -0.153. The lowest BCUT2D eigenvalue weighted by atomic mass is 10.2. The Morgan fingerprint density at radius 2 is 1.59 bits per heavy atom. The number of carbonyl (C=O) groups is 1. The van der Waals surface area contributed by atoms with E-state index in [0.29, 0.717) is 6.54 Å². The van der Waals surface area contributed by atoms with E-state index >= 15 is 0 Å². The lowest BCUT2D eigenvalue weighted by Crippen LogP contribution is -2.46. The second-order valence-electron chi connectivity index (χ2n) is 8.27. The van der Waals surface area contributed by atoms with Crippen LogP contribution in [-0.2, 0) is 13.1 Å². The zero-order valence-electron chi connectivity index (χ0n) is 18.5. The molecule has 0 aliphatic carbocycles. The fraction of sp³-hybridized carbons (Fsp3) is 0.360. The summed E-state index contributed by atoms with van der Waals surface area (Å²) < 4.78 is 2.01. The number of imidazole rings is 1. The third-order valence-corrected chi connectivity index (χ3v) is 5.79. The molecule has 7 nitrogen and oxygen atoms in total. The van der Waals surface area contributed by atoms with Gasteiger partial charge in [0.15, 0.2) is 0 Å². The minimum absolute atomic E-state index is 0.153. The van der Waals surface area contributed by atoms with Crippen LogP contribution in [0.15, 0.2) is 73.3 Å². The number of carbonyl (C=O) groups excluding carboxylic acids is 1. The summed E-state index contributed by atoms with van der Waals surface area (Å²) in [6.07, 6.45) is 6.46. The third-order valence-electron chi connectivity index (χ3n) is 5.79. The molecule has 1 fully saturated rings. The zero-order chi connectivity index (χ0) is 22.0. The van der Waals surface area contributed by atoms with Gasteiger partial charge in [0.1, 0.15) is 0 Å². The van der Waals surface area contributed by atoms with Crippen LogP contribution in [0.4, 0.5) is 10.5 Å². The molecule has 1 aliphatic heterocycles. The summed E-state index contributed by atoms with van der Waals surface area (Å²) in [6.45, 7) is 7.86. The van der Waals surface area contributed by atoms with Gasteiger partial charge in [0.25, 0.3) is 0 Å². The Balaban J connectivity index is 1.08. The largest absolute Gasteiger partial charge is 0.338 e. The molecule has 2 amide bonds. The van der Waals surface area contributed by atoms with Gasteiger partial charge in [-0.15, -0.1) is 0 Å². The molecule has 168 valence electrons. The summed E-state index contributed by atoms with van der Waals surface area (Å²) in [4.78, 5) is 21.2. The third kappa shape index (κ3) is 6.93. The first-order chi connectivity index (χ1) is 15.7. The normalized spacial score (nSPS) is 14.9. The van der Waals surface area contributed by atoms with Crippen molar-refractivity contribution in [2.24, 2.45) is 0 Å². The van der Waals surface area contributed by atoms with E-state index in [1.807, 2.05) is 35.0 Å².